The van der Waals surface area contributed by atoms with Crippen molar-refractivity contribution in [2.24, 2.45) is 0 Å². The zero-order chi connectivity index (χ0) is 19.7. The van der Waals surface area contributed by atoms with Crippen LogP contribution in [-0.4, -0.2) is 45.4 Å². The molecular formula is C19H21N3O5S. The van der Waals surface area contributed by atoms with Gasteiger partial charge in [0.2, 0.25) is 5.91 Å². The van der Waals surface area contributed by atoms with Crippen LogP contribution in [0.4, 0.5) is 0 Å². The molecule has 0 saturated carbocycles. The number of esters is 1. The lowest BCUT2D eigenvalue weighted by molar-refractivity contribution is -0.154. The molecule has 9 heteroatoms. The van der Waals surface area contributed by atoms with E-state index in [1.807, 2.05) is 0 Å². The molecule has 1 saturated heterocycles. The maximum Gasteiger partial charge on any atom is 0.308 e. The fourth-order valence-corrected chi connectivity index (χ4v) is 4.98. The van der Waals surface area contributed by atoms with Crippen molar-refractivity contribution in [1.29, 1.82) is 0 Å². The minimum atomic E-state index is -0.584. The number of fused-ring (bicyclic) bond motifs is 3. The highest BCUT2D eigenvalue weighted by atomic mass is 32.1. The fraction of sp³-hybridized carbons (Fsp3) is 0.526. The van der Waals surface area contributed by atoms with Crippen molar-refractivity contribution >= 4 is 39.3 Å². The van der Waals surface area contributed by atoms with Gasteiger partial charge in [-0.3, -0.25) is 28.6 Å². The van der Waals surface area contributed by atoms with Gasteiger partial charge in [-0.15, -0.1) is 11.3 Å². The van der Waals surface area contributed by atoms with E-state index >= 15 is 0 Å². The number of carbonyl (C=O) groups excluding carboxylic acids is 3. The summed E-state index contributed by atoms with van der Waals surface area (Å²) in [5, 5.41) is 0.679. The van der Waals surface area contributed by atoms with Crippen LogP contribution in [0, 0.1) is 0 Å². The Morgan fingerprint density at radius 2 is 1.96 bits per heavy atom. The number of hydrogen-bond acceptors (Lipinski definition) is 7. The molecule has 0 N–H and O–H groups in total. The van der Waals surface area contributed by atoms with Gasteiger partial charge in [0.15, 0.2) is 6.61 Å². The third-order valence-electron chi connectivity index (χ3n) is 5.23. The molecule has 1 aliphatic carbocycles. The number of imide groups is 1. The molecular weight excluding hydrogens is 382 g/mol. The molecule has 2 aliphatic rings. The van der Waals surface area contributed by atoms with Gasteiger partial charge in [-0.05, 0) is 37.7 Å². The molecule has 2 aromatic rings. The summed E-state index contributed by atoms with van der Waals surface area (Å²) < 4.78 is 6.40. The Hall–Kier alpha value is -2.55. The van der Waals surface area contributed by atoms with E-state index in [2.05, 4.69) is 4.98 Å². The summed E-state index contributed by atoms with van der Waals surface area (Å²) in [6, 6.07) is 0. The summed E-state index contributed by atoms with van der Waals surface area (Å²) in [6.07, 6.45) is 6.53. The second-order valence-electron chi connectivity index (χ2n) is 7.09. The van der Waals surface area contributed by atoms with Gasteiger partial charge in [0.1, 0.15) is 4.83 Å². The molecule has 0 aromatic carbocycles. The number of rotatable bonds is 5. The highest BCUT2D eigenvalue weighted by Crippen LogP contribution is 2.33. The molecule has 4 rings (SSSR count). The van der Waals surface area contributed by atoms with E-state index in [0.29, 0.717) is 24.8 Å². The van der Waals surface area contributed by atoms with Gasteiger partial charge in [-0.1, -0.05) is 0 Å². The maximum atomic E-state index is 12.8. The van der Waals surface area contributed by atoms with Gasteiger partial charge in [-0.2, -0.15) is 0 Å². The Kier molecular flexibility index (Phi) is 5.25. The van der Waals surface area contributed by atoms with Crippen LogP contribution >= 0.6 is 11.3 Å². The quantitative estimate of drug-likeness (QED) is 0.700. The zero-order valence-electron chi connectivity index (χ0n) is 15.4. The van der Waals surface area contributed by atoms with Crippen LogP contribution in [0.15, 0.2) is 11.1 Å². The van der Waals surface area contributed by atoms with Crippen molar-refractivity contribution < 1.29 is 19.1 Å². The molecule has 1 fully saturated rings. The first-order valence-corrected chi connectivity index (χ1v) is 10.3. The summed E-state index contributed by atoms with van der Waals surface area (Å²) in [7, 11) is 0. The minimum absolute atomic E-state index is 0.0410. The number of carbonyl (C=O) groups is 3. The van der Waals surface area contributed by atoms with Gasteiger partial charge in [0, 0.05) is 24.4 Å². The Bertz CT molecular complexity index is 1010. The number of likely N-dealkylation sites (tertiary alicyclic amines) is 1. The molecule has 0 radical (unpaired) electrons. The molecule has 148 valence electrons. The maximum absolute atomic E-state index is 12.8. The van der Waals surface area contributed by atoms with E-state index < -0.39 is 18.5 Å². The van der Waals surface area contributed by atoms with Gasteiger partial charge >= 0.3 is 5.97 Å². The van der Waals surface area contributed by atoms with Crippen molar-refractivity contribution in [3.63, 3.8) is 0 Å². The van der Waals surface area contributed by atoms with Crippen molar-refractivity contribution in [3.05, 3.63) is 27.1 Å². The lowest BCUT2D eigenvalue weighted by atomic mass is 9.97. The Balaban J connectivity index is 1.38. The zero-order valence-corrected chi connectivity index (χ0v) is 16.3. The van der Waals surface area contributed by atoms with Crippen LogP contribution in [-0.2, 0) is 38.5 Å². The Labute approximate surface area is 165 Å². The van der Waals surface area contributed by atoms with Gasteiger partial charge in [-0.25, -0.2) is 4.98 Å². The van der Waals surface area contributed by atoms with Crippen LogP contribution in [0.5, 0.6) is 0 Å². The van der Waals surface area contributed by atoms with E-state index in [-0.39, 0.29) is 24.4 Å². The highest BCUT2D eigenvalue weighted by molar-refractivity contribution is 7.18. The summed E-state index contributed by atoms with van der Waals surface area (Å²) in [4.78, 5) is 55.7. The molecule has 28 heavy (non-hydrogen) atoms. The van der Waals surface area contributed by atoms with E-state index in [1.54, 1.807) is 11.3 Å². The molecule has 0 atom stereocenters. The SMILES string of the molecule is O=C(CCn1cnc2sc3c(c2c1=O)CCCC3)OCC(=O)N1CCCC1=O. The molecule has 0 spiro atoms. The summed E-state index contributed by atoms with van der Waals surface area (Å²) in [5.41, 5.74) is 0.984. The van der Waals surface area contributed by atoms with E-state index in [0.717, 1.165) is 41.0 Å². The monoisotopic (exact) mass is 403 g/mol. The molecule has 2 aromatic heterocycles. The number of thiophene rings is 1. The summed E-state index contributed by atoms with van der Waals surface area (Å²) in [5.74, 6) is -1.31. The number of ether oxygens (including phenoxy) is 1. The lowest BCUT2D eigenvalue weighted by Crippen LogP contribution is -2.35. The lowest BCUT2D eigenvalue weighted by Gasteiger charge is -2.13. The Morgan fingerprint density at radius 3 is 2.75 bits per heavy atom. The van der Waals surface area contributed by atoms with Crippen LogP contribution in [0.1, 0.15) is 42.5 Å². The first kappa shape index (κ1) is 18.8. The number of aryl methyl sites for hydroxylation is 3. The predicted molar refractivity (Wildman–Crippen MR) is 102 cm³/mol. The van der Waals surface area contributed by atoms with Crippen LogP contribution in [0.2, 0.25) is 0 Å². The van der Waals surface area contributed by atoms with Crippen LogP contribution < -0.4 is 5.56 Å². The second-order valence-corrected chi connectivity index (χ2v) is 8.17. The number of nitrogens with zero attached hydrogens (tertiary/aromatic N) is 3. The minimum Gasteiger partial charge on any atom is -0.455 e. The average molecular weight is 403 g/mol. The van der Waals surface area contributed by atoms with Gasteiger partial charge in [0.05, 0.1) is 18.1 Å². The highest BCUT2D eigenvalue weighted by Gasteiger charge is 2.27. The molecule has 0 unspecified atom stereocenters. The first-order chi connectivity index (χ1) is 13.5. The largest absolute Gasteiger partial charge is 0.455 e. The first-order valence-electron chi connectivity index (χ1n) is 9.53. The third-order valence-corrected chi connectivity index (χ3v) is 6.43. The average Bonchev–Trinajstić information content (AvgIpc) is 3.29. The number of aromatic nitrogens is 2. The normalized spacial score (nSPS) is 16.4. The van der Waals surface area contributed by atoms with E-state index in [9.17, 15) is 19.2 Å². The van der Waals surface area contributed by atoms with E-state index in [1.165, 1.54) is 15.8 Å². The molecule has 3 heterocycles. The van der Waals surface area contributed by atoms with Crippen LogP contribution in [0.25, 0.3) is 10.2 Å². The van der Waals surface area contributed by atoms with Crippen molar-refractivity contribution in [3.8, 4) is 0 Å². The standard InChI is InChI=1S/C19H21N3O5S/c23-14-6-3-8-22(14)15(24)10-27-16(25)7-9-21-11-20-18-17(19(21)26)12-4-1-2-5-13(12)28-18/h11H,1-10H2. The van der Waals surface area contributed by atoms with Gasteiger partial charge < -0.3 is 4.74 Å². The number of hydrogen-bond donors (Lipinski definition) is 0. The fourth-order valence-electron chi connectivity index (χ4n) is 3.76. The topological polar surface area (TPSA) is 98.6 Å². The van der Waals surface area contributed by atoms with Crippen molar-refractivity contribution in [1.82, 2.24) is 14.5 Å². The molecule has 1 aliphatic heterocycles. The van der Waals surface area contributed by atoms with Crippen LogP contribution in [0.3, 0.4) is 0 Å². The summed E-state index contributed by atoms with van der Waals surface area (Å²) >= 11 is 1.58. The molecule has 0 bridgehead atoms. The van der Waals surface area contributed by atoms with E-state index in [4.69, 9.17) is 4.74 Å². The van der Waals surface area contributed by atoms with Crippen molar-refractivity contribution in [2.45, 2.75) is 51.5 Å². The Morgan fingerprint density at radius 1 is 1.14 bits per heavy atom. The molecule has 2 amide bonds. The predicted octanol–water partition coefficient (Wildman–Crippen LogP) is 1.42. The van der Waals surface area contributed by atoms with Crippen molar-refractivity contribution in [2.75, 3.05) is 13.2 Å². The van der Waals surface area contributed by atoms with Gasteiger partial charge in [0.25, 0.3) is 11.5 Å². The third kappa shape index (κ3) is 3.58. The number of amides is 2. The smallest absolute Gasteiger partial charge is 0.308 e. The molecule has 8 nitrogen and oxygen atoms in total. The second kappa shape index (κ2) is 7.83. The summed E-state index contributed by atoms with van der Waals surface area (Å²) in [6.45, 7) is 0.0676.